The van der Waals surface area contributed by atoms with E-state index in [1.165, 1.54) is 12.1 Å². The number of hydrogen-bond donors (Lipinski definition) is 4. The van der Waals surface area contributed by atoms with Gasteiger partial charge >= 0.3 is 12.0 Å². The Labute approximate surface area is 130 Å². The predicted molar refractivity (Wildman–Crippen MR) is 78.5 cm³/mol. The van der Waals surface area contributed by atoms with Gasteiger partial charge in [-0.1, -0.05) is 29.3 Å². The molecule has 1 aromatic carbocycles. The summed E-state index contributed by atoms with van der Waals surface area (Å²) < 4.78 is 0. The summed E-state index contributed by atoms with van der Waals surface area (Å²) in [6.45, 7) is 0. The molecule has 0 fully saturated rings. The van der Waals surface area contributed by atoms with Gasteiger partial charge in [0.05, 0.1) is 15.7 Å². The van der Waals surface area contributed by atoms with Gasteiger partial charge in [-0.05, 0) is 18.6 Å². The molecule has 3 amide bonds. The molecular weight excluding hydrogens is 321 g/mol. The van der Waals surface area contributed by atoms with E-state index in [1.807, 2.05) is 0 Å². The number of aliphatic carboxylic acids is 1. The van der Waals surface area contributed by atoms with Gasteiger partial charge in [-0.25, -0.2) is 9.59 Å². The Bertz CT molecular complexity index is 545. The Kier molecular flexibility index (Phi) is 6.26. The van der Waals surface area contributed by atoms with Crippen LogP contribution in [0.4, 0.5) is 10.5 Å². The lowest BCUT2D eigenvalue weighted by molar-refractivity contribution is -0.139. The van der Waals surface area contributed by atoms with Gasteiger partial charge in [0.2, 0.25) is 5.91 Å². The first-order valence-electron chi connectivity index (χ1n) is 5.84. The van der Waals surface area contributed by atoms with E-state index in [1.54, 1.807) is 6.07 Å². The highest BCUT2D eigenvalue weighted by atomic mass is 35.5. The molecule has 0 radical (unpaired) electrons. The first-order valence-corrected chi connectivity index (χ1v) is 6.59. The average molecular weight is 334 g/mol. The van der Waals surface area contributed by atoms with Crippen molar-refractivity contribution in [1.82, 2.24) is 5.32 Å². The van der Waals surface area contributed by atoms with Crippen molar-refractivity contribution in [2.24, 2.45) is 5.73 Å². The van der Waals surface area contributed by atoms with Crippen LogP contribution in [-0.2, 0) is 9.59 Å². The molecule has 0 heterocycles. The molecule has 0 spiro atoms. The summed E-state index contributed by atoms with van der Waals surface area (Å²) in [7, 11) is 0. The Morgan fingerprint density at radius 3 is 2.29 bits per heavy atom. The topological polar surface area (TPSA) is 122 Å². The molecule has 0 aromatic heterocycles. The van der Waals surface area contributed by atoms with Crippen LogP contribution < -0.4 is 16.4 Å². The smallest absolute Gasteiger partial charge is 0.326 e. The van der Waals surface area contributed by atoms with E-state index in [0.29, 0.717) is 0 Å². The van der Waals surface area contributed by atoms with Crippen LogP contribution in [0, 0.1) is 0 Å². The Hall–Kier alpha value is -1.99. The van der Waals surface area contributed by atoms with E-state index in [4.69, 9.17) is 34.0 Å². The first kappa shape index (κ1) is 17.1. The molecule has 0 bridgehead atoms. The van der Waals surface area contributed by atoms with Crippen molar-refractivity contribution in [1.29, 1.82) is 0 Å². The SMILES string of the molecule is NC(=O)CC[C@H](NC(=O)Nc1c(Cl)cccc1Cl)C(=O)O. The number of urea groups is 1. The van der Waals surface area contributed by atoms with Gasteiger partial charge in [-0.2, -0.15) is 0 Å². The van der Waals surface area contributed by atoms with Gasteiger partial charge in [0.1, 0.15) is 6.04 Å². The molecule has 114 valence electrons. The molecule has 0 aliphatic carbocycles. The van der Waals surface area contributed by atoms with Gasteiger partial charge in [0, 0.05) is 6.42 Å². The standard InChI is InChI=1S/C12H13Cl2N3O4/c13-6-2-1-3-7(14)10(6)17-12(21)16-8(11(19)20)4-5-9(15)18/h1-3,8H,4-5H2,(H2,15,18)(H,19,20)(H2,16,17,21)/t8-/m0/s1. The van der Waals surface area contributed by atoms with Crippen LogP contribution in [0.1, 0.15) is 12.8 Å². The number of rotatable bonds is 6. The number of para-hydroxylation sites is 1. The zero-order chi connectivity index (χ0) is 16.0. The number of benzene rings is 1. The average Bonchev–Trinajstić information content (AvgIpc) is 2.38. The molecule has 0 unspecified atom stereocenters. The van der Waals surface area contributed by atoms with Gasteiger partial charge in [-0.15, -0.1) is 0 Å². The highest BCUT2D eigenvalue weighted by Crippen LogP contribution is 2.29. The minimum atomic E-state index is -1.28. The second kappa shape index (κ2) is 7.70. The van der Waals surface area contributed by atoms with Crippen molar-refractivity contribution in [2.75, 3.05) is 5.32 Å². The van der Waals surface area contributed by atoms with E-state index in [0.717, 1.165) is 0 Å². The maximum absolute atomic E-state index is 11.8. The highest BCUT2D eigenvalue weighted by molar-refractivity contribution is 6.39. The van der Waals surface area contributed by atoms with Crippen molar-refractivity contribution in [3.63, 3.8) is 0 Å². The molecule has 1 rings (SSSR count). The van der Waals surface area contributed by atoms with Crippen LogP contribution in [0.5, 0.6) is 0 Å². The lowest BCUT2D eigenvalue weighted by atomic mass is 10.1. The number of carbonyl (C=O) groups excluding carboxylic acids is 2. The van der Waals surface area contributed by atoms with Crippen LogP contribution in [0.15, 0.2) is 18.2 Å². The maximum atomic E-state index is 11.8. The van der Waals surface area contributed by atoms with Crippen molar-refractivity contribution in [2.45, 2.75) is 18.9 Å². The van der Waals surface area contributed by atoms with Crippen molar-refractivity contribution in [3.8, 4) is 0 Å². The van der Waals surface area contributed by atoms with Gasteiger partial charge < -0.3 is 21.5 Å². The number of nitrogens with two attached hydrogens (primary N) is 1. The van der Waals surface area contributed by atoms with Crippen molar-refractivity contribution < 1.29 is 19.5 Å². The molecule has 9 heteroatoms. The normalized spacial score (nSPS) is 11.5. The van der Waals surface area contributed by atoms with Crippen LogP contribution in [-0.4, -0.2) is 29.1 Å². The Balaban J connectivity index is 2.70. The molecule has 21 heavy (non-hydrogen) atoms. The number of primary amides is 1. The summed E-state index contributed by atoms with van der Waals surface area (Å²) in [6, 6.07) is 2.58. The Morgan fingerprint density at radius 2 is 1.81 bits per heavy atom. The summed E-state index contributed by atoms with van der Waals surface area (Å²) in [5.41, 5.74) is 5.10. The van der Waals surface area contributed by atoms with E-state index in [9.17, 15) is 14.4 Å². The van der Waals surface area contributed by atoms with E-state index in [-0.39, 0.29) is 28.6 Å². The molecule has 1 atom stereocenters. The number of hydrogen-bond acceptors (Lipinski definition) is 3. The van der Waals surface area contributed by atoms with Gasteiger partial charge in [-0.3, -0.25) is 4.79 Å². The largest absolute Gasteiger partial charge is 0.480 e. The van der Waals surface area contributed by atoms with Crippen molar-refractivity contribution in [3.05, 3.63) is 28.2 Å². The second-order valence-electron chi connectivity index (χ2n) is 4.09. The summed E-state index contributed by atoms with van der Waals surface area (Å²) in [6.07, 6.45) is -0.279. The van der Waals surface area contributed by atoms with Crippen LogP contribution in [0.2, 0.25) is 10.0 Å². The first-order chi connectivity index (χ1) is 9.81. The molecule has 0 aliphatic heterocycles. The molecule has 1 aromatic rings. The predicted octanol–water partition coefficient (Wildman–Crippen LogP) is 1.83. The zero-order valence-electron chi connectivity index (χ0n) is 10.7. The second-order valence-corrected chi connectivity index (χ2v) is 4.91. The summed E-state index contributed by atoms with van der Waals surface area (Å²) in [4.78, 5) is 33.4. The van der Waals surface area contributed by atoms with Crippen LogP contribution in [0.25, 0.3) is 0 Å². The number of nitrogens with one attached hydrogen (secondary N) is 2. The fourth-order valence-electron chi connectivity index (χ4n) is 1.47. The van der Waals surface area contributed by atoms with E-state index >= 15 is 0 Å². The summed E-state index contributed by atoms with van der Waals surface area (Å²) in [5, 5.41) is 13.9. The number of carboxylic acids is 1. The Morgan fingerprint density at radius 1 is 1.24 bits per heavy atom. The van der Waals surface area contributed by atoms with Gasteiger partial charge in [0.25, 0.3) is 0 Å². The zero-order valence-corrected chi connectivity index (χ0v) is 12.2. The van der Waals surface area contributed by atoms with Crippen LogP contribution in [0.3, 0.4) is 0 Å². The third-order valence-corrected chi connectivity index (χ3v) is 3.11. The lowest BCUT2D eigenvalue weighted by Gasteiger charge is -2.15. The highest BCUT2D eigenvalue weighted by Gasteiger charge is 2.21. The van der Waals surface area contributed by atoms with Gasteiger partial charge in [0.15, 0.2) is 0 Å². The van der Waals surface area contributed by atoms with Crippen LogP contribution >= 0.6 is 23.2 Å². The molecular formula is C12H13Cl2N3O4. The maximum Gasteiger partial charge on any atom is 0.326 e. The molecule has 0 aliphatic rings. The molecule has 7 nitrogen and oxygen atoms in total. The summed E-state index contributed by atoms with van der Waals surface area (Å²) in [5.74, 6) is -1.94. The minimum absolute atomic E-state index is 0.117. The third-order valence-electron chi connectivity index (χ3n) is 2.48. The monoisotopic (exact) mass is 333 g/mol. The lowest BCUT2D eigenvalue weighted by Crippen LogP contribution is -2.43. The van der Waals surface area contributed by atoms with E-state index in [2.05, 4.69) is 10.6 Å². The number of carbonyl (C=O) groups is 3. The number of amides is 3. The number of anilines is 1. The molecule has 0 saturated carbocycles. The fourth-order valence-corrected chi connectivity index (χ4v) is 1.96. The molecule has 0 saturated heterocycles. The number of carboxylic acid groups (broad SMARTS) is 1. The minimum Gasteiger partial charge on any atom is -0.480 e. The third kappa shape index (κ3) is 5.49. The van der Waals surface area contributed by atoms with E-state index < -0.39 is 23.9 Å². The van der Waals surface area contributed by atoms with Crippen molar-refractivity contribution >= 4 is 46.8 Å². The quantitative estimate of drug-likeness (QED) is 0.634. The number of halogens is 2. The fraction of sp³-hybridized carbons (Fsp3) is 0.250. The molecule has 5 N–H and O–H groups in total. The summed E-state index contributed by atoms with van der Waals surface area (Å²) >= 11 is 11.7.